The fourth-order valence-corrected chi connectivity index (χ4v) is 3.95. The number of ether oxygens (including phenoxy) is 1. The summed E-state index contributed by atoms with van der Waals surface area (Å²) < 4.78 is 59.1. The van der Waals surface area contributed by atoms with Gasteiger partial charge in [0.1, 0.15) is 5.75 Å². The minimum Gasteiger partial charge on any atom is -0.427 e. The predicted molar refractivity (Wildman–Crippen MR) is 119 cm³/mol. The van der Waals surface area contributed by atoms with Crippen molar-refractivity contribution in [1.29, 1.82) is 0 Å². The molecule has 2 aliphatic rings. The largest absolute Gasteiger partial charge is 0.469 e. The molecule has 34 heavy (non-hydrogen) atoms. The van der Waals surface area contributed by atoms with Gasteiger partial charge in [-0.2, -0.15) is 17.6 Å². The van der Waals surface area contributed by atoms with E-state index in [1.165, 1.54) is 11.1 Å². The van der Waals surface area contributed by atoms with E-state index in [2.05, 4.69) is 15.5 Å². The van der Waals surface area contributed by atoms with Gasteiger partial charge in [0.2, 0.25) is 0 Å². The van der Waals surface area contributed by atoms with Gasteiger partial charge in [0.05, 0.1) is 17.8 Å². The second-order valence-corrected chi connectivity index (χ2v) is 8.20. The van der Waals surface area contributed by atoms with Gasteiger partial charge in [-0.05, 0) is 41.5 Å². The summed E-state index contributed by atoms with van der Waals surface area (Å²) in [6.45, 7) is 0.153. The number of nitrogens with zero attached hydrogens (tertiary/aromatic N) is 1. The Labute approximate surface area is 196 Å². The molecule has 5 rings (SSSR count). The average molecular weight is 490 g/mol. The van der Waals surface area contributed by atoms with Crippen LogP contribution in [0.5, 0.6) is 5.75 Å². The highest BCUT2D eigenvalue weighted by Crippen LogP contribution is 2.53. The summed E-state index contributed by atoms with van der Waals surface area (Å²) in [5.74, 6) is -5.15. The number of benzene rings is 3. The van der Waals surface area contributed by atoms with Crippen LogP contribution in [0.1, 0.15) is 16.7 Å². The highest BCUT2D eigenvalue weighted by molar-refractivity contribution is 6.30. The maximum atomic E-state index is 14.0. The van der Waals surface area contributed by atoms with Crippen LogP contribution in [0.3, 0.4) is 0 Å². The Morgan fingerprint density at radius 1 is 0.971 bits per heavy atom. The Bertz CT molecular complexity index is 1300. The Balaban J connectivity index is 1.40. The third kappa shape index (κ3) is 3.71. The Hall–Kier alpha value is -3.72. The molecule has 0 radical (unpaired) electrons. The lowest BCUT2D eigenvalue weighted by atomic mass is 10.0. The molecule has 3 aromatic rings. The van der Waals surface area contributed by atoms with Gasteiger partial charge in [0.15, 0.2) is 0 Å². The van der Waals surface area contributed by atoms with Crippen molar-refractivity contribution in [2.75, 3.05) is 11.9 Å². The van der Waals surface area contributed by atoms with Crippen molar-refractivity contribution in [1.82, 2.24) is 10.4 Å². The molecule has 0 spiro atoms. The van der Waals surface area contributed by atoms with E-state index < -0.39 is 29.4 Å². The van der Waals surface area contributed by atoms with Gasteiger partial charge in [-0.15, -0.1) is 0 Å². The van der Waals surface area contributed by atoms with Crippen LogP contribution in [0.15, 0.2) is 72.8 Å². The van der Waals surface area contributed by atoms with Crippen molar-refractivity contribution >= 4 is 34.6 Å². The van der Waals surface area contributed by atoms with Crippen LogP contribution >= 0.6 is 11.6 Å². The molecule has 0 bridgehead atoms. The average Bonchev–Trinajstić information content (AvgIpc) is 3.33. The number of hydrogen-bond donors (Lipinski definition) is 2. The number of hydrogen-bond acceptors (Lipinski definition) is 3. The highest BCUT2D eigenvalue weighted by atomic mass is 35.5. The molecule has 0 fully saturated rings. The van der Waals surface area contributed by atoms with E-state index in [4.69, 9.17) is 11.6 Å². The Morgan fingerprint density at radius 3 is 2.38 bits per heavy atom. The van der Waals surface area contributed by atoms with Gasteiger partial charge in [0, 0.05) is 16.3 Å². The summed E-state index contributed by atoms with van der Waals surface area (Å²) in [6.07, 6.45) is -4.66. The molecule has 0 aromatic heterocycles. The minimum absolute atomic E-state index is 0.0762. The first-order valence-corrected chi connectivity index (χ1v) is 10.5. The number of carbonyl (C=O) groups excluding carboxylic acids is 1. The molecule has 0 aliphatic carbocycles. The maximum Gasteiger partial charge on any atom is 0.469 e. The Kier molecular flexibility index (Phi) is 5.16. The fraction of sp³-hybridized carbons (Fsp3) is 0.125. The van der Waals surface area contributed by atoms with Gasteiger partial charge < -0.3 is 10.1 Å². The van der Waals surface area contributed by atoms with Crippen LogP contribution in [0.4, 0.5) is 28.0 Å². The number of rotatable bonds is 3. The molecule has 2 amide bonds. The van der Waals surface area contributed by atoms with Crippen LogP contribution in [0, 0.1) is 0 Å². The van der Waals surface area contributed by atoms with Crippen molar-refractivity contribution in [2.45, 2.75) is 12.0 Å². The normalized spacial score (nSPS) is 17.7. The lowest BCUT2D eigenvalue weighted by Gasteiger charge is -2.19. The van der Waals surface area contributed by atoms with E-state index in [-0.39, 0.29) is 12.2 Å². The molecule has 2 N–H and O–H groups in total. The van der Waals surface area contributed by atoms with Gasteiger partial charge in [-0.1, -0.05) is 54.1 Å². The highest BCUT2D eigenvalue weighted by Gasteiger charge is 2.66. The third-order valence-corrected chi connectivity index (χ3v) is 5.79. The quantitative estimate of drug-likeness (QED) is 0.422. The fourth-order valence-electron chi connectivity index (χ4n) is 3.82. The summed E-state index contributed by atoms with van der Waals surface area (Å²) in [7, 11) is 0. The van der Waals surface area contributed by atoms with Gasteiger partial charge >= 0.3 is 18.1 Å². The molecule has 2 heterocycles. The third-order valence-electron chi connectivity index (χ3n) is 5.54. The molecule has 0 saturated carbocycles. The molecule has 2 aliphatic heterocycles. The lowest BCUT2D eigenvalue weighted by molar-refractivity contribution is -0.296. The second kappa shape index (κ2) is 7.95. The monoisotopic (exact) mass is 489 g/mol. The predicted octanol–water partition coefficient (Wildman–Crippen LogP) is 6.34. The minimum atomic E-state index is -4.66. The van der Waals surface area contributed by atoms with Gasteiger partial charge in [0.25, 0.3) is 0 Å². The van der Waals surface area contributed by atoms with Crippen LogP contribution in [0.25, 0.3) is 11.3 Å². The van der Waals surface area contributed by atoms with E-state index in [0.29, 0.717) is 10.7 Å². The first kappa shape index (κ1) is 22.1. The molecular formula is C24H16ClF4N3O2. The maximum absolute atomic E-state index is 14.0. The smallest absolute Gasteiger partial charge is 0.427 e. The number of halogens is 5. The standard InChI is InChI=1S/C24H16ClF4N3O2/c25-16-8-6-14(7-9-16)18-13-32(31-21(18)15-4-2-1-3-5-15)22(33)30-17-10-11-20-19(12-17)23(26,27)24(28,29)34-20/h1-12,31H,13H2,(H,30,33). The summed E-state index contributed by atoms with van der Waals surface area (Å²) in [6, 6.07) is 18.8. The topological polar surface area (TPSA) is 53.6 Å². The number of carbonyl (C=O) groups is 1. The molecular weight excluding hydrogens is 474 g/mol. The number of hydrazine groups is 1. The number of nitrogens with one attached hydrogen (secondary N) is 2. The number of amides is 2. The van der Waals surface area contributed by atoms with Crippen LogP contribution in [-0.4, -0.2) is 23.7 Å². The summed E-state index contributed by atoms with van der Waals surface area (Å²) >= 11 is 6.00. The zero-order valence-corrected chi connectivity index (χ0v) is 18.0. The van der Waals surface area contributed by atoms with E-state index >= 15 is 0 Å². The van der Waals surface area contributed by atoms with Crippen molar-refractivity contribution in [3.8, 4) is 5.75 Å². The van der Waals surface area contributed by atoms with Crippen LogP contribution < -0.4 is 15.5 Å². The van der Waals surface area contributed by atoms with E-state index in [1.54, 1.807) is 12.1 Å². The van der Waals surface area contributed by atoms with E-state index in [0.717, 1.165) is 28.8 Å². The van der Waals surface area contributed by atoms with E-state index in [9.17, 15) is 22.4 Å². The van der Waals surface area contributed by atoms with Crippen molar-refractivity contribution in [3.63, 3.8) is 0 Å². The second-order valence-electron chi connectivity index (χ2n) is 7.76. The van der Waals surface area contributed by atoms with Crippen molar-refractivity contribution in [2.24, 2.45) is 0 Å². The molecule has 174 valence electrons. The van der Waals surface area contributed by atoms with Crippen LogP contribution in [-0.2, 0) is 5.92 Å². The first-order valence-electron chi connectivity index (χ1n) is 10.1. The van der Waals surface area contributed by atoms with Crippen molar-refractivity contribution < 1.29 is 27.1 Å². The summed E-state index contributed by atoms with van der Waals surface area (Å²) in [5, 5.41) is 4.31. The SMILES string of the molecule is O=C(Nc1ccc2c(c1)C(F)(F)C(F)(F)O2)N1CC(c2ccc(Cl)cc2)=C(c2ccccc2)N1. The number of fused-ring (bicyclic) bond motifs is 1. The van der Waals surface area contributed by atoms with Gasteiger partial charge in [-0.25, -0.2) is 9.80 Å². The number of anilines is 1. The molecule has 0 saturated heterocycles. The molecule has 0 atom stereocenters. The first-order chi connectivity index (χ1) is 16.2. The van der Waals surface area contributed by atoms with Crippen molar-refractivity contribution in [3.05, 3.63) is 94.5 Å². The number of alkyl halides is 4. The molecule has 10 heteroatoms. The lowest BCUT2D eigenvalue weighted by Crippen LogP contribution is -2.40. The molecule has 5 nitrogen and oxygen atoms in total. The summed E-state index contributed by atoms with van der Waals surface area (Å²) in [5.41, 5.74) is 5.15. The Morgan fingerprint density at radius 2 is 1.68 bits per heavy atom. The van der Waals surface area contributed by atoms with Gasteiger partial charge in [-0.3, -0.25) is 5.43 Å². The number of urea groups is 1. The van der Waals surface area contributed by atoms with E-state index in [1.807, 2.05) is 42.5 Å². The molecule has 0 unspecified atom stereocenters. The summed E-state index contributed by atoms with van der Waals surface area (Å²) in [4.78, 5) is 12.9. The van der Waals surface area contributed by atoms with Crippen LogP contribution in [0.2, 0.25) is 5.02 Å². The zero-order valence-electron chi connectivity index (χ0n) is 17.3. The molecule has 3 aromatic carbocycles. The zero-order chi connectivity index (χ0) is 24.1.